The molecule has 0 atom stereocenters. The van der Waals surface area contributed by atoms with Crippen molar-refractivity contribution in [3.63, 3.8) is 0 Å². The number of aromatic nitrogens is 3. The van der Waals surface area contributed by atoms with Crippen LogP contribution in [0.1, 0.15) is 0 Å². The molecule has 0 unspecified atom stereocenters. The van der Waals surface area contributed by atoms with Crippen LogP contribution >= 0.6 is 24.4 Å². The normalized spacial score (nSPS) is 10.4. The van der Waals surface area contributed by atoms with Gasteiger partial charge in [-0.15, -0.1) is 0 Å². The molecule has 72 valence electrons. The Bertz CT molecular complexity index is 547. The predicted molar refractivity (Wildman–Crippen MR) is 60.8 cm³/mol. The van der Waals surface area contributed by atoms with E-state index in [0.717, 1.165) is 5.69 Å². The standard InChI is InChI=1S/C9H9N3S2/c1-11-9(14)12(8(13)10-11)7-5-3-2-4-6-7/h2-6H,1H3,(H,10,13). The van der Waals surface area contributed by atoms with E-state index in [1.54, 1.807) is 4.68 Å². The summed E-state index contributed by atoms with van der Waals surface area (Å²) in [5, 5.41) is 2.96. The SMILES string of the molecule is Cn1[nH]c(=S)n(-c2ccccc2)c1=S. The zero-order chi connectivity index (χ0) is 10.1. The second kappa shape index (κ2) is 3.51. The molecule has 1 heterocycles. The highest BCUT2D eigenvalue weighted by Gasteiger charge is 2.01. The maximum absolute atomic E-state index is 5.22. The lowest BCUT2D eigenvalue weighted by molar-refractivity contribution is 0.747. The maximum Gasteiger partial charge on any atom is 0.201 e. The van der Waals surface area contributed by atoms with Crippen molar-refractivity contribution in [2.24, 2.45) is 7.05 Å². The molecule has 1 aromatic carbocycles. The fourth-order valence-electron chi connectivity index (χ4n) is 1.28. The van der Waals surface area contributed by atoms with Crippen LogP contribution in [0.5, 0.6) is 0 Å². The Kier molecular flexibility index (Phi) is 2.35. The first-order valence-electron chi connectivity index (χ1n) is 4.13. The Morgan fingerprint density at radius 1 is 1.14 bits per heavy atom. The third-order valence-electron chi connectivity index (χ3n) is 1.96. The molecule has 0 bridgehead atoms. The van der Waals surface area contributed by atoms with Gasteiger partial charge in [-0.25, -0.2) is 0 Å². The van der Waals surface area contributed by atoms with Gasteiger partial charge in [0.25, 0.3) is 0 Å². The van der Waals surface area contributed by atoms with Crippen molar-refractivity contribution in [2.45, 2.75) is 0 Å². The van der Waals surface area contributed by atoms with E-state index < -0.39 is 0 Å². The summed E-state index contributed by atoms with van der Waals surface area (Å²) in [7, 11) is 1.84. The van der Waals surface area contributed by atoms with Crippen LogP contribution in [0.15, 0.2) is 30.3 Å². The monoisotopic (exact) mass is 223 g/mol. The molecule has 0 radical (unpaired) electrons. The quantitative estimate of drug-likeness (QED) is 0.752. The van der Waals surface area contributed by atoms with Gasteiger partial charge in [-0.1, -0.05) is 18.2 Å². The van der Waals surface area contributed by atoms with Crippen molar-refractivity contribution < 1.29 is 0 Å². The Balaban J connectivity index is 2.75. The topological polar surface area (TPSA) is 25.6 Å². The number of aromatic amines is 1. The highest BCUT2D eigenvalue weighted by molar-refractivity contribution is 7.72. The number of benzene rings is 1. The van der Waals surface area contributed by atoms with E-state index in [1.165, 1.54) is 0 Å². The summed E-state index contributed by atoms with van der Waals surface area (Å²) in [5.41, 5.74) is 0.986. The number of H-pyrrole nitrogens is 1. The molecule has 1 aromatic heterocycles. The molecular formula is C9H9N3S2. The molecule has 0 aliphatic heterocycles. The van der Waals surface area contributed by atoms with Crippen LogP contribution in [-0.2, 0) is 7.05 Å². The molecule has 0 saturated carbocycles. The molecule has 0 spiro atoms. The lowest BCUT2D eigenvalue weighted by Gasteiger charge is -1.99. The van der Waals surface area contributed by atoms with Crippen LogP contribution in [0.3, 0.4) is 0 Å². The second-order valence-electron chi connectivity index (χ2n) is 2.93. The van der Waals surface area contributed by atoms with Crippen molar-refractivity contribution in [1.82, 2.24) is 14.3 Å². The number of hydrogen-bond donors (Lipinski definition) is 1. The molecular weight excluding hydrogens is 214 g/mol. The Labute approximate surface area is 91.6 Å². The fourth-order valence-corrected chi connectivity index (χ4v) is 1.91. The molecule has 2 rings (SSSR count). The van der Waals surface area contributed by atoms with Crippen molar-refractivity contribution in [3.05, 3.63) is 39.9 Å². The Hall–Kier alpha value is -1.20. The van der Waals surface area contributed by atoms with Crippen LogP contribution in [-0.4, -0.2) is 14.3 Å². The number of nitrogens with zero attached hydrogens (tertiary/aromatic N) is 2. The van der Waals surface area contributed by atoms with Gasteiger partial charge in [-0.3, -0.25) is 14.3 Å². The van der Waals surface area contributed by atoms with E-state index in [-0.39, 0.29) is 0 Å². The van der Waals surface area contributed by atoms with Crippen LogP contribution in [0.2, 0.25) is 0 Å². The number of aryl methyl sites for hydroxylation is 1. The van der Waals surface area contributed by atoms with Crippen LogP contribution in [0, 0.1) is 9.54 Å². The summed E-state index contributed by atoms with van der Waals surface area (Å²) in [4.78, 5) is 0. The third kappa shape index (κ3) is 1.44. The van der Waals surface area contributed by atoms with Crippen LogP contribution < -0.4 is 0 Å². The predicted octanol–water partition coefficient (Wildman–Crippen LogP) is 2.60. The van der Waals surface area contributed by atoms with Gasteiger partial charge in [0.2, 0.25) is 4.77 Å². The van der Waals surface area contributed by atoms with Gasteiger partial charge >= 0.3 is 0 Å². The zero-order valence-electron chi connectivity index (χ0n) is 7.60. The minimum Gasteiger partial charge on any atom is -0.272 e. The average Bonchev–Trinajstić information content (AvgIpc) is 2.43. The van der Waals surface area contributed by atoms with E-state index in [4.69, 9.17) is 24.4 Å². The molecule has 0 fully saturated rings. The third-order valence-corrected chi connectivity index (χ3v) is 2.69. The van der Waals surface area contributed by atoms with Crippen molar-refractivity contribution in [2.75, 3.05) is 0 Å². The van der Waals surface area contributed by atoms with Gasteiger partial charge < -0.3 is 0 Å². The van der Waals surface area contributed by atoms with Gasteiger partial charge in [0.1, 0.15) is 0 Å². The van der Waals surface area contributed by atoms with Gasteiger partial charge in [0.05, 0.1) is 5.69 Å². The van der Waals surface area contributed by atoms with E-state index in [2.05, 4.69) is 5.10 Å². The van der Waals surface area contributed by atoms with Crippen LogP contribution in [0.4, 0.5) is 0 Å². The largest absolute Gasteiger partial charge is 0.272 e. The lowest BCUT2D eigenvalue weighted by Crippen LogP contribution is -1.95. The summed E-state index contributed by atoms with van der Waals surface area (Å²) in [5.74, 6) is 0. The summed E-state index contributed by atoms with van der Waals surface area (Å²) >= 11 is 10.4. The average molecular weight is 223 g/mol. The molecule has 1 N–H and O–H groups in total. The molecule has 2 aromatic rings. The maximum atomic E-state index is 5.22. The summed E-state index contributed by atoms with van der Waals surface area (Å²) in [6, 6.07) is 9.82. The molecule has 14 heavy (non-hydrogen) atoms. The van der Waals surface area contributed by atoms with Gasteiger partial charge in [0.15, 0.2) is 4.77 Å². The summed E-state index contributed by atoms with van der Waals surface area (Å²) in [6.45, 7) is 0. The highest BCUT2D eigenvalue weighted by Crippen LogP contribution is 2.08. The van der Waals surface area contributed by atoms with E-state index in [0.29, 0.717) is 9.54 Å². The summed E-state index contributed by atoms with van der Waals surface area (Å²) < 4.78 is 4.83. The van der Waals surface area contributed by atoms with Gasteiger partial charge in [0, 0.05) is 7.05 Å². The highest BCUT2D eigenvalue weighted by atomic mass is 32.1. The molecule has 0 aliphatic rings. The minimum atomic E-state index is 0.615. The number of para-hydroxylation sites is 1. The van der Waals surface area contributed by atoms with Gasteiger partial charge in [-0.2, -0.15) is 0 Å². The first-order valence-corrected chi connectivity index (χ1v) is 4.95. The molecule has 5 heteroatoms. The molecule has 3 nitrogen and oxygen atoms in total. The summed E-state index contributed by atoms with van der Waals surface area (Å²) in [6.07, 6.45) is 0. The Morgan fingerprint density at radius 3 is 2.29 bits per heavy atom. The van der Waals surface area contributed by atoms with Crippen molar-refractivity contribution in [1.29, 1.82) is 0 Å². The van der Waals surface area contributed by atoms with Crippen molar-refractivity contribution in [3.8, 4) is 5.69 Å². The molecule has 0 aliphatic carbocycles. The van der Waals surface area contributed by atoms with E-state index in [1.807, 2.05) is 41.9 Å². The first-order chi connectivity index (χ1) is 6.70. The number of nitrogens with one attached hydrogen (secondary N) is 1. The smallest absolute Gasteiger partial charge is 0.201 e. The van der Waals surface area contributed by atoms with E-state index in [9.17, 15) is 0 Å². The second-order valence-corrected chi connectivity index (χ2v) is 3.68. The number of hydrogen-bond acceptors (Lipinski definition) is 2. The van der Waals surface area contributed by atoms with Crippen molar-refractivity contribution >= 4 is 24.4 Å². The van der Waals surface area contributed by atoms with Gasteiger partial charge in [-0.05, 0) is 36.6 Å². The zero-order valence-corrected chi connectivity index (χ0v) is 9.23. The fraction of sp³-hybridized carbons (Fsp3) is 0.111. The number of rotatable bonds is 1. The van der Waals surface area contributed by atoms with E-state index >= 15 is 0 Å². The first kappa shape index (κ1) is 9.36. The van der Waals surface area contributed by atoms with Crippen LogP contribution in [0.25, 0.3) is 5.69 Å². The molecule has 0 saturated heterocycles. The molecule has 0 amide bonds. The Morgan fingerprint density at radius 2 is 1.79 bits per heavy atom. The minimum absolute atomic E-state index is 0.615. The lowest BCUT2D eigenvalue weighted by atomic mass is 10.3.